The summed E-state index contributed by atoms with van der Waals surface area (Å²) < 4.78 is 1.59. The predicted molar refractivity (Wildman–Crippen MR) is 76.1 cm³/mol. The minimum absolute atomic E-state index is 0.182. The summed E-state index contributed by atoms with van der Waals surface area (Å²) in [4.78, 5) is 12.1. The van der Waals surface area contributed by atoms with Gasteiger partial charge in [-0.3, -0.25) is 9.48 Å². The summed E-state index contributed by atoms with van der Waals surface area (Å²) in [5.41, 5.74) is 9.60. The van der Waals surface area contributed by atoms with Gasteiger partial charge in [-0.1, -0.05) is 13.0 Å². The third kappa shape index (κ3) is 2.76. The molecule has 5 heteroatoms. The highest BCUT2D eigenvalue weighted by molar-refractivity contribution is 6.03. The molecule has 0 aliphatic carbocycles. The number of hydrogen-bond acceptors (Lipinski definition) is 3. The molecule has 0 spiro atoms. The Hall–Kier alpha value is -2.30. The largest absolute Gasteiger partial charge is 0.398 e. The zero-order valence-electron chi connectivity index (χ0n) is 11.4. The summed E-state index contributed by atoms with van der Waals surface area (Å²) in [5.74, 6) is -0.182. The lowest BCUT2D eigenvalue weighted by molar-refractivity contribution is 0.101. The van der Waals surface area contributed by atoms with Crippen molar-refractivity contribution in [1.82, 2.24) is 9.78 Å². The van der Waals surface area contributed by atoms with Crippen molar-refractivity contribution in [2.24, 2.45) is 7.05 Å². The number of nitrogens with two attached hydrogens (primary N) is 1. The lowest BCUT2D eigenvalue weighted by Crippen LogP contribution is -2.16. The van der Waals surface area contributed by atoms with Crippen molar-refractivity contribution in [3.05, 3.63) is 41.2 Å². The van der Waals surface area contributed by atoms with E-state index in [1.807, 2.05) is 26.0 Å². The second kappa shape index (κ2) is 5.14. The van der Waals surface area contributed by atoms with Gasteiger partial charge in [-0.15, -0.1) is 0 Å². The van der Waals surface area contributed by atoms with E-state index in [1.54, 1.807) is 23.9 Å². The van der Waals surface area contributed by atoms with E-state index in [2.05, 4.69) is 10.4 Å². The van der Waals surface area contributed by atoms with Crippen LogP contribution in [0.1, 0.15) is 28.7 Å². The molecule has 19 heavy (non-hydrogen) atoms. The lowest BCUT2D eigenvalue weighted by Gasteiger charge is -2.07. The number of carbonyl (C=O) groups excluding carboxylic acids is 1. The number of aryl methyl sites for hydroxylation is 3. The van der Waals surface area contributed by atoms with Crippen LogP contribution in [0.3, 0.4) is 0 Å². The minimum Gasteiger partial charge on any atom is -0.398 e. The Morgan fingerprint density at radius 3 is 2.74 bits per heavy atom. The zero-order valence-corrected chi connectivity index (χ0v) is 11.4. The van der Waals surface area contributed by atoms with Gasteiger partial charge in [0, 0.05) is 18.4 Å². The molecule has 2 rings (SSSR count). The van der Waals surface area contributed by atoms with Gasteiger partial charge < -0.3 is 11.1 Å². The summed E-state index contributed by atoms with van der Waals surface area (Å²) in [6.45, 7) is 3.93. The Bertz CT molecular complexity index is 616. The van der Waals surface area contributed by atoms with E-state index < -0.39 is 0 Å². The lowest BCUT2D eigenvalue weighted by atomic mass is 10.2. The molecule has 1 aromatic carbocycles. The van der Waals surface area contributed by atoms with Crippen molar-refractivity contribution >= 4 is 17.3 Å². The normalized spacial score (nSPS) is 10.5. The number of nitrogens with one attached hydrogen (secondary N) is 1. The van der Waals surface area contributed by atoms with Gasteiger partial charge in [0.15, 0.2) is 0 Å². The Labute approximate surface area is 112 Å². The van der Waals surface area contributed by atoms with Crippen molar-refractivity contribution in [1.29, 1.82) is 0 Å². The predicted octanol–water partition coefficient (Wildman–Crippen LogP) is 2.13. The van der Waals surface area contributed by atoms with Crippen molar-refractivity contribution in [3.63, 3.8) is 0 Å². The summed E-state index contributed by atoms with van der Waals surface area (Å²) in [6, 6.07) is 7.27. The average molecular weight is 258 g/mol. The fourth-order valence-corrected chi connectivity index (χ4v) is 1.83. The topological polar surface area (TPSA) is 72.9 Å². The Balaban J connectivity index is 2.20. The molecule has 0 atom stereocenters. The molecule has 0 fully saturated rings. The van der Waals surface area contributed by atoms with Gasteiger partial charge in [0.2, 0.25) is 0 Å². The number of nitrogens with zero attached hydrogens (tertiary/aromatic N) is 2. The average Bonchev–Trinajstić information content (AvgIpc) is 2.75. The van der Waals surface area contributed by atoms with Gasteiger partial charge in [-0.25, -0.2) is 0 Å². The van der Waals surface area contributed by atoms with Gasteiger partial charge in [0.05, 0.1) is 5.69 Å². The maximum absolute atomic E-state index is 12.1. The molecule has 2 aromatic rings. The second-order valence-corrected chi connectivity index (χ2v) is 4.52. The van der Waals surface area contributed by atoms with Crippen molar-refractivity contribution < 1.29 is 4.79 Å². The summed E-state index contributed by atoms with van der Waals surface area (Å²) in [5, 5.41) is 7.08. The van der Waals surface area contributed by atoms with Crippen LogP contribution in [-0.4, -0.2) is 15.7 Å². The number of benzene rings is 1. The third-order valence-corrected chi connectivity index (χ3v) is 3.06. The van der Waals surface area contributed by atoms with Gasteiger partial charge >= 0.3 is 0 Å². The van der Waals surface area contributed by atoms with Gasteiger partial charge in [0.25, 0.3) is 5.91 Å². The summed E-state index contributed by atoms with van der Waals surface area (Å²) in [6.07, 6.45) is 0.804. The molecular weight excluding hydrogens is 240 g/mol. The molecule has 0 saturated carbocycles. The van der Waals surface area contributed by atoms with E-state index in [4.69, 9.17) is 5.73 Å². The Morgan fingerprint density at radius 1 is 1.42 bits per heavy atom. The molecule has 100 valence electrons. The molecule has 0 unspecified atom stereocenters. The maximum Gasteiger partial charge on any atom is 0.273 e. The standard InChI is InChI=1S/C14H18N4O/c1-4-10-8-13(18(3)17-10)14(19)16-11-6-5-9(2)12(15)7-11/h5-8H,4,15H2,1-3H3,(H,16,19). The molecule has 1 heterocycles. The SMILES string of the molecule is CCc1cc(C(=O)Nc2ccc(C)c(N)c2)n(C)n1. The smallest absolute Gasteiger partial charge is 0.273 e. The highest BCUT2D eigenvalue weighted by atomic mass is 16.2. The summed E-state index contributed by atoms with van der Waals surface area (Å²) in [7, 11) is 1.76. The highest BCUT2D eigenvalue weighted by Gasteiger charge is 2.13. The van der Waals surface area contributed by atoms with Crippen LogP contribution in [-0.2, 0) is 13.5 Å². The fourth-order valence-electron chi connectivity index (χ4n) is 1.83. The molecule has 0 aliphatic heterocycles. The second-order valence-electron chi connectivity index (χ2n) is 4.52. The number of anilines is 2. The fraction of sp³-hybridized carbons (Fsp3) is 0.286. The van der Waals surface area contributed by atoms with E-state index in [-0.39, 0.29) is 5.91 Å². The molecule has 1 amide bonds. The molecule has 1 aromatic heterocycles. The molecule has 0 saturated heterocycles. The van der Waals surface area contributed by atoms with Crippen LogP contribution in [0.2, 0.25) is 0 Å². The molecule has 0 bridgehead atoms. The number of aromatic nitrogens is 2. The van der Waals surface area contributed by atoms with Crippen LogP contribution in [0.4, 0.5) is 11.4 Å². The number of amides is 1. The first kappa shape index (κ1) is 13.1. The first-order chi connectivity index (χ1) is 9.01. The van der Waals surface area contributed by atoms with Crippen LogP contribution in [0.15, 0.2) is 24.3 Å². The molecule has 0 aliphatic rings. The molecular formula is C14H18N4O. The third-order valence-electron chi connectivity index (χ3n) is 3.06. The zero-order chi connectivity index (χ0) is 14.0. The van der Waals surface area contributed by atoms with E-state index in [1.165, 1.54) is 0 Å². The Morgan fingerprint density at radius 2 is 2.16 bits per heavy atom. The number of rotatable bonds is 3. The summed E-state index contributed by atoms with van der Waals surface area (Å²) >= 11 is 0. The van der Waals surface area contributed by atoms with Crippen molar-refractivity contribution in [3.8, 4) is 0 Å². The molecule has 0 radical (unpaired) electrons. The first-order valence-electron chi connectivity index (χ1n) is 6.21. The van der Waals surface area contributed by atoms with Crippen molar-refractivity contribution in [2.45, 2.75) is 20.3 Å². The van der Waals surface area contributed by atoms with E-state index in [0.29, 0.717) is 17.1 Å². The van der Waals surface area contributed by atoms with Crippen LogP contribution in [0, 0.1) is 6.92 Å². The van der Waals surface area contributed by atoms with Crippen LogP contribution >= 0.6 is 0 Å². The highest BCUT2D eigenvalue weighted by Crippen LogP contribution is 2.17. The quantitative estimate of drug-likeness (QED) is 0.828. The van der Waals surface area contributed by atoms with Gasteiger partial charge in [-0.05, 0) is 37.1 Å². The van der Waals surface area contributed by atoms with E-state index in [9.17, 15) is 4.79 Å². The number of nitrogen functional groups attached to an aromatic ring is 1. The maximum atomic E-state index is 12.1. The van der Waals surface area contributed by atoms with Crippen LogP contribution < -0.4 is 11.1 Å². The van der Waals surface area contributed by atoms with Crippen molar-refractivity contribution in [2.75, 3.05) is 11.1 Å². The van der Waals surface area contributed by atoms with Gasteiger partial charge in [-0.2, -0.15) is 5.10 Å². The number of hydrogen-bond donors (Lipinski definition) is 2. The van der Waals surface area contributed by atoms with Crippen LogP contribution in [0.25, 0.3) is 0 Å². The van der Waals surface area contributed by atoms with Crippen LogP contribution in [0.5, 0.6) is 0 Å². The minimum atomic E-state index is -0.182. The first-order valence-corrected chi connectivity index (χ1v) is 6.21. The van der Waals surface area contributed by atoms with E-state index >= 15 is 0 Å². The molecule has 5 nitrogen and oxygen atoms in total. The van der Waals surface area contributed by atoms with E-state index in [0.717, 1.165) is 17.7 Å². The molecule has 3 N–H and O–H groups in total. The monoisotopic (exact) mass is 258 g/mol. The number of carbonyl (C=O) groups is 1. The van der Waals surface area contributed by atoms with Gasteiger partial charge in [0.1, 0.15) is 5.69 Å². The Kier molecular flexibility index (Phi) is 3.55.